The van der Waals surface area contributed by atoms with Crippen LogP contribution in [0.15, 0.2) is 24.3 Å². The molecule has 5 nitrogen and oxygen atoms in total. The van der Waals surface area contributed by atoms with Crippen molar-refractivity contribution >= 4 is 23.4 Å². The highest BCUT2D eigenvalue weighted by molar-refractivity contribution is 6.30. The number of aryl methyl sites for hydroxylation is 1. The van der Waals surface area contributed by atoms with E-state index >= 15 is 0 Å². The molecule has 124 valence electrons. The summed E-state index contributed by atoms with van der Waals surface area (Å²) in [5, 5.41) is 0.694. The van der Waals surface area contributed by atoms with Crippen LogP contribution in [0, 0.1) is 0 Å². The van der Waals surface area contributed by atoms with Crippen LogP contribution in [0.25, 0.3) is 0 Å². The molecule has 0 bridgehead atoms. The summed E-state index contributed by atoms with van der Waals surface area (Å²) in [5.41, 5.74) is 1.07. The predicted octanol–water partition coefficient (Wildman–Crippen LogP) is 1.26. The number of benzene rings is 1. The largest absolute Gasteiger partial charge is 0.343 e. The molecule has 0 saturated carbocycles. The maximum atomic E-state index is 12.5. The number of hydrogen-bond donors (Lipinski definition) is 0. The van der Waals surface area contributed by atoms with E-state index in [1.54, 1.807) is 4.90 Å². The number of hydrogen-bond acceptors (Lipinski definition) is 3. The average molecular weight is 336 g/mol. The molecule has 2 amide bonds. The van der Waals surface area contributed by atoms with E-state index in [1.165, 1.54) is 0 Å². The van der Waals surface area contributed by atoms with E-state index in [2.05, 4.69) is 4.90 Å². The van der Waals surface area contributed by atoms with Crippen molar-refractivity contribution in [2.24, 2.45) is 0 Å². The van der Waals surface area contributed by atoms with E-state index < -0.39 is 0 Å². The molecule has 2 aliphatic heterocycles. The number of amides is 2. The molecule has 0 aromatic heterocycles. The van der Waals surface area contributed by atoms with Gasteiger partial charge in [0, 0.05) is 51.2 Å². The zero-order chi connectivity index (χ0) is 16.4. The van der Waals surface area contributed by atoms with Gasteiger partial charge >= 0.3 is 0 Å². The Hall–Kier alpha value is -1.59. The molecule has 2 aliphatic rings. The second-order valence-electron chi connectivity index (χ2n) is 6.28. The number of fused-ring (bicyclic) bond motifs is 1. The van der Waals surface area contributed by atoms with Crippen LogP contribution in [0.4, 0.5) is 0 Å². The highest BCUT2D eigenvalue weighted by Crippen LogP contribution is 2.18. The van der Waals surface area contributed by atoms with Gasteiger partial charge in [-0.1, -0.05) is 23.7 Å². The Kier molecular flexibility index (Phi) is 4.87. The smallest absolute Gasteiger partial charge is 0.241 e. The number of carbonyl (C=O) groups is 2. The Morgan fingerprint density at radius 2 is 2.04 bits per heavy atom. The van der Waals surface area contributed by atoms with Crippen LogP contribution in [0.2, 0.25) is 5.02 Å². The van der Waals surface area contributed by atoms with Gasteiger partial charge in [-0.05, 0) is 24.1 Å². The van der Waals surface area contributed by atoms with Crippen molar-refractivity contribution in [2.75, 3.05) is 39.8 Å². The van der Waals surface area contributed by atoms with E-state index in [4.69, 9.17) is 11.6 Å². The third-order valence-electron chi connectivity index (χ3n) is 4.74. The first kappa shape index (κ1) is 16.3. The first-order valence-corrected chi connectivity index (χ1v) is 8.43. The van der Waals surface area contributed by atoms with Crippen molar-refractivity contribution in [3.05, 3.63) is 34.9 Å². The van der Waals surface area contributed by atoms with Gasteiger partial charge in [-0.25, -0.2) is 0 Å². The summed E-state index contributed by atoms with van der Waals surface area (Å²) in [4.78, 5) is 30.5. The van der Waals surface area contributed by atoms with Gasteiger partial charge in [0.15, 0.2) is 0 Å². The Morgan fingerprint density at radius 3 is 2.83 bits per heavy atom. The second-order valence-corrected chi connectivity index (χ2v) is 6.72. The summed E-state index contributed by atoms with van der Waals surface area (Å²) in [5.74, 6) is 0.245. The molecule has 2 heterocycles. The Bertz CT molecular complexity index is 607. The van der Waals surface area contributed by atoms with Crippen molar-refractivity contribution in [3.8, 4) is 0 Å². The van der Waals surface area contributed by atoms with Gasteiger partial charge in [0.1, 0.15) is 6.04 Å². The maximum Gasteiger partial charge on any atom is 0.241 e. The highest BCUT2D eigenvalue weighted by atomic mass is 35.5. The fourth-order valence-electron chi connectivity index (χ4n) is 3.29. The van der Waals surface area contributed by atoms with Crippen molar-refractivity contribution in [3.63, 3.8) is 0 Å². The van der Waals surface area contributed by atoms with Gasteiger partial charge in [0.25, 0.3) is 0 Å². The van der Waals surface area contributed by atoms with Crippen LogP contribution in [-0.4, -0.2) is 72.3 Å². The van der Waals surface area contributed by atoms with E-state index in [0.717, 1.165) is 25.2 Å². The minimum absolute atomic E-state index is 0.116. The molecule has 1 aromatic carbocycles. The van der Waals surface area contributed by atoms with Crippen LogP contribution < -0.4 is 0 Å². The average Bonchev–Trinajstić information content (AvgIpc) is 2.56. The van der Waals surface area contributed by atoms with Gasteiger partial charge in [0.05, 0.1) is 0 Å². The zero-order valence-electron chi connectivity index (χ0n) is 13.4. The number of carbonyl (C=O) groups excluding carboxylic acids is 2. The molecular formula is C17H22ClN3O2. The molecule has 0 unspecified atom stereocenters. The van der Waals surface area contributed by atoms with E-state index in [0.29, 0.717) is 31.0 Å². The highest BCUT2D eigenvalue weighted by Gasteiger charge is 2.38. The minimum Gasteiger partial charge on any atom is -0.343 e. The third-order valence-corrected chi connectivity index (χ3v) is 4.98. The monoisotopic (exact) mass is 335 g/mol. The van der Waals surface area contributed by atoms with Crippen molar-refractivity contribution in [2.45, 2.75) is 18.9 Å². The third kappa shape index (κ3) is 3.67. The first-order valence-electron chi connectivity index (χ1n) is 8.06. The molecular weight excluding hydrogens is 314 g/mol. The minimum atomic E-state index is -0.169. The molecule has 0 aliphatic carbocycles. The normalized spacial score (nSPS) is 22.2. The summed E-state index contributed by atoms with van der Waals surface area (Å²) in [6.07, 6.45) is 1.13. The van der Waals surface area contributed by atoms with Crippen LogP contribution in [0.5, 0.6) is 0 Å². The lowest BCUT2D eigenvalue weighted by atomic mass is 10.1. The molecule has 0 radical (unpaired) electrons. The van der Waals surface area contributed by atoms with E-state index in [-0.39, 0.29) is 17.9 Å². The van der Waals surface area contributed by atoms with Crippen molar-refractivity contribution < 1.29 is 9.59 Å². The molecule has 2 fully saturated rings. The lowest BCUT2D eigenvalue weighted by Crippen LogP contribution is -2.64. The van der Waals surface area contributed by atoms with Crippen LogP contribution in [0.1, 0.15) is 12.0 Å². The first-order chi connectivity index (χ1) is 11.0. The van der Waals surface area contributed by atoms with Gasteiger partial charge in [-0.15, -0.1) is 0 Å². The summed E-state index contributed by atoms with van der Waals surface area (Å²) in [7, 11) is 1.83. The fourth-order valence-corrected chi connectivity index (χ4v) is 3.51. The summed E-state index contributed by atoms with van der Waals surface area (Å²) < 4.78 is 0. The zero-order valence-corrected chi connectivity index (χ0v) is 14.1. The van der Waals surface area contributed by atoms with Crippen LogP contribution in [0.3, 0.4) is 0 Å². The maximum absolute atomic E-state index is 12.5. The summed E-state index contributed by atoms with van der Waals surface area (Å²) in [6, 6.07) is 7.44. The number of piperazine rings is 2. The number of nitrogens with zero attached hydrogens (tertiary/aromatic N) is 3. The molecule has 1 aromatic rings. The van der Waals surface area contributed by atoms with Crippen LogP contribution in [-0.2, 0) is 16.0 Å². The van der Waals surface area contributed by atoms with Crippen molar-refractivity contribution in [1.29, 1.82) is 0 Å². The Balaban J connectivity index is 1.57. The summed E-state index contributed by atoms with van der Waals surface area (Å²) >= 11 is 5.97. The quantitative estimate of drug-likeness (QED) is 0.835. The Morgan fingerprint density at radius 1 is 1.26 bits per heavy atom. The molecule has 2 saturated heterocycles. The molecule has 23 heavy (non-hydrogen) atoms. The molecule has 1 atom stereocenters. The van der Waals surface area contributed by atoms with Gasteiger partial charge in [0.2, 0.25) is 11.8 Å². The van der Waals surface area contributed by atoms with Crippen molar-refractivity contribution in [1.82, 2.24) is 14.7 Å². The fraction of sp³-hybridized carbons (Fsp3) is 0.529. The Labute approximate surface area is 141 Å². The van der Waals surface area contributed by atoms with Crippen LogP contribution >= 0.6 is 11.6 Å². The molecule has 6 heteroatoms. The second kappa shape index (κ2) is 6.89. The molecule has 0 spiro atoms. The standard InChI is InChI=1S/C17H22ClN3O2/c1-19-7-8-20-9-10-21(12-15(20)17(19)23)16(22)6-5-13-3-2-4-14(18)11-13/h2-4,11,15H,5-10,12H2,1H3/t15-/m1/s1. The molecule has 3 rings (SSSR count). The number of rotatable bonds is 3. The lowest BCUT2D eigenvalue weighted by molar-refractivity contribution is -0.147. The topological polar surface area (TPSA) is 43.9 Å². The number of likely N-dealkylation sites (N-methyl/N-ethyl adjacent to an activating group) is 1. The van der Waals surface area contributed by atoms with Gasteiger partial charge in [-0.2, -0.15) is 0 Å². The van der Waals surface area contributed by atoms with E-state index in [9.17, 15) is 9.59 Å². The summed E-state index contributed by atoms with van der Waals surface area (Å²) in [6.45, 7) is 3.68. The van der Waals surface area contributed by atoms with Gasteiger partial charge in [-0.3, -0.25) is 14.5 Å². The predicted molar refractivity (Wildman–Crippen MR) is 89.4 cm³/mol. The van der Waals surface area contributed by atoms with Gasteiger partial charge < -0.3 is 9.80 Å². The number of halogens is 1. The molecule has 0 N–H and O–H groups in total. The van der Waals surface area contributed by atoms with E-state index in [1.807, 2.05) is 36.2 Å². The SMILES string of the molecule is CN1CCN2CCN(C(=O)CCc3cccc(Cl)c3)C[C@@H]2C1=O. The lowest BCUT2D eigenvalue weighted by Gasteiger charge is -2.45.